The molecule has 0 fully saturated rings. The van der Waals surface area contributed by atoms with Gasteiger partial charge in [0, 0.05) is 44.5 Å². The molecule has 2 N–H and O–H groups in total. The van der Waals surface area contributed by atoms with Crippen molar-refractivity contribution in [2.24, 2.45) is 7.05 Å². The van der Waals surface area contributed by atoms with E-state index in [0.717, 1.165) is 28.5 Å². The second-order valence-electron chi connectivity index (χ2n) is 6.80. The first-order valence-electron chi connectivity index (χ1n) is 9.10. The third-order valence-electron chi connectivity index (χ3n) is 4.99. The molecule has 144 valence electrons. The van der Waals surface area contributed by atoms with Gasteiger partial charge < -0.3 is 19.6 Å². The first-order chi connectivity index (χ1) is 13.6. The van der Waals surface area contributed by atoms with Crippen molar-refractivity contribution in [1.82, 2.24) is 19.4 Å². The number of methoxy groups -OCH3 is 1. The summed E-state index contributed by atoms with van der Waals surface area (Å²) in [7, 11) is 3.38. The van der Waals surface area contributed by atoms with Crippen LogP contribution in [0.25, 0.3) is 21.9 Å². The molecule has 0 unspecified atom stereocenters. The lowest BCUT2D eigenvalue weighted by Crippen LogP contribution is -2.22. The third-order valence-corrected chi connectivity index (χ3v) is 4.99. The van der Waals surface area contributed by atoms with Crippen LogP contribution in [-0.2, 0) is 24.9 Å². The minimum Gasteiger partial charge on any atom is -0.383 e. The topological polar surface area (TPSA) is 81.1 Å². The van der Waals surface area contributed by atoms with Gasteiger partial charge in [-0.3, -0.25) is 9.36 Å². The number of carbonyl (C=O) groups is 1. The number of amides is 1. The molecule has 0 saturated carbocycles. The number of H-pyrrole nitrogens is 1. The Bertz CT molecular complexity index is 1220. The molecule has 7 heteroatoms. The molecule has 0 atom stereocenters. The molecule has 4 rings (SSSR count). The van der Waals surface area contributed by atoms with Gasteiger partial charge in [0.15, 0.2) is 0 Å². The highest BCUT2D eigenvalue weighted by Crippen LogP contribution is 2.18. The van der Waals surface area contributed by atoms with Crippen LogP contribution in [0.1, 0.15) is 15.9 Å². The highest BCUT2D eigenvalue weighted by Gasteiger charge is 2.10. The SMILES string of the molecule is COCCn1ccc2ccc(CNC(=O)c3ccc4c(c3)[nH]c(=O)n4C)cc21. The zero-order valence-electron chi connectivity index (χ0n) is 15.9. The Kier molecular flexibility index (Phi) is 4.75. The number of aromatic nitrogens is 3. The molecule has 0 saturated heterocycles. The molecule has 7 nitrogen and oxygen atoms in total. The Labute approximate surface area is 161 Å². The number of aromatic amines is 1. The van der Waals surface area contributed by atoms with E-state index in [9.17, 15) is 9.59 Å². The Balaban J connectivity index is 1.50. The summed E-state index contributed by atoms with van der Waals surface area (Å²) in [5.74, 6) is -0.179. The molecular weight excluding hydrogens is 356 g/mol. The second kappa shape index (κ2) is 7.36. The van der Waals surface area contributed by atoms with E-state index in [1.807, 2.05) is 12.3 Å². The number of nitrogens with zero attached hydrogens (tertiary/aromatic N) is 2. The minimum atomic E-state index is -0.197. The van der Waals surface area contributed by atoms with Crippen molar-refractivity contribution in [3.8, 4) is 0 Å². The predicted octanol–water partition coefficient (Wildman–Crippen LogP) is 2.40. The maximum Gasteiger partial charge on any atom is 0.326 e. The van der Waals surface area contributed by atoms with Gasteiger partial charge in [-0.05, 0) is 41.3 Å². The monoisotopic (exact) mass is 378 g/mol. The molecule has 0 bridgehead atoms. The van der Waals surface area contributed by atoms with Gasteiger partial charge in [-0.2, -0.15) is 0 Å². The third kappa shape index (κ3) is 3.32. The van der Waals surface area contributed by atoms with Crippen LogP contribution < -0.4 is 11.0 Å². The summed E-state index contributed by atoms with van der Waals surface area (Å²) in [6.07, 6.45) is 2.04. The van der Waals surface area contributed by atoms with Gasteiger partial charge in [0.25, 0.3) is 5.91 Å². The van der Waals surface area contributed by atoms with Gasteiger partial charge in [0.05, 0.1) is 17.6 Å². The molecule has 2 aromatic heterocycles. The number of ether oxygens (including phenoxy) is 1. The van der Waals surface area contributed by atoms with Crippen LogP contribution in [0, 0.1) is 0 Å². The lowest BCUT2D eigenvalue weighted by atomic mass is 10.1. The van der Waals surface area contributed by atoms with Gasteiger partial charge in [-0.1, -0.05) is 12.1 Å². The van der Waals surface area contributed by atoms with Gasteiger partial charge in [0.1, 0.15) is 0 Å². The molecule has 0 aliphatic heterocycles. The number of aryl methyl sites for hydroxylation is 1. The first kappa shape index (κ1) is 18.1. The van der Waals surface area contributed by atoms with Gasteiger partial charge in [-0.15, -0.1) is 0 Å². The predicted molar refractivity (Wildman–Crippen MR) is 109 cm³/mol. The molecule has 1 amide bonds. The maximum atomic E-state index is 12.5. The quantitative estimate of drug-likeness (QED) is 0.541. The van der Waals surface area contributed by atoms with Crippen molar-refractivity contribution >= 4 is 27.8 Å². The van der Waals surface area contributed by atoms with E-state index >= 15 is 0 Å². The summed E-state index contributed by atoms with van der Waals surface area (Å²) in [5.41, 5.74) is 3.87. The second-order valence-corrected chi connectivity index (χ2v) is 6.80. The minimum absolute atomic E-state index is 0.179. The highest BCUT2D eigenvalue weighted by molar-refractivity contribution is 5.97. The molecule has 0 radical (unpaired) electrons. The largest absolute Gasteiger partial charge is 0.383 e. The number of benzene rings is 2. The summed E-state index contributed by atoms with van der Waals surface area (Å²) in [6, 6.07) is 13.4. The summed E-state index contributed by atoms with van der Waals surface area (Å²) >= 11 is 0. The first-order valence-corrected chi connectivity index (χ1v) is 9.10. The van der Waals surface area contributed by atoms with Crippen molar-refractivity contribution in [1.29, 1.82) is 0 Å². The molecule has 4 aromatic rings. The lowest BCUT2D eigenvalue weighted by molar-refractivity contribution is 0.0951. The van der Waals surface area contributed by atoms with Gasteiger partial charge in [0.2, 0.25) is 0 Å². The van der Waals surface area contributed by atoms with Crippen molar-refractivity contribution in [2.75, 3.05) is 13.7 Å². The molecule has 28 heavy (non-hydrogen) atoms. The number of hydrogen-bond donors (Lipinski definition) is 2. The van der Waals surface area contributed by atoms with Crippen LogP contribution in [0.15, 0.2) is 53.5 Å². The van der Waals surface area contributed by atoms with E-state index in [2.05, 4.69) is 33.1 Å². The van der Waals surface area contributed by atoms with Crippen molar-refractivity contribution in [3.63, 3.8) is 0 Å². The average Bonchev–Trinajstić information content (AvgIpc) is 3.24. The summed E-state index contributed by atoms with van der Waals surface area (Å²) in [6.45, 7) is 1.85. The van der Waals surface area contributed by atoms with Crippen LogP contribution >= 0.6 is 0 Å². The molecule has 2 aromatic carbocycles. The summed E-state index contributed by atoms with van der Waals surface area (Å²) < 4.78 is 8.82. The number of fused-ring (bicyclic) bond motifs is 2. The zero-order valence-corrected chi connectivity index (χ0v) is 15.9. The Hall–Kier alpha value is -3.32. The van der Waals surface area contributed by atoms with Crippen LogP contribution in [0.2, 0.25) is 0 Å². The normalized spacial score (nSPS) is 11.4. The van der Waals surface area contributed by atoms with E-state index in [4.69, 9.17) is 4.74 Å². The summed E-state index contributed by atoms with van der Waals surface area (Å²) in [4.78, 5) is 27.0. The number of carbonyl (C=O) groups excluding carboxylic acids is 1. The Morgan fingerprint density at radius 2 is 2.00 bits per heavy atom. The van der Waals surface area contributed by atoms with E-state index < -0.39 is 0 Å². The highest BCUT2D eigenvalue weighted by atomic mass is 16.5. The van der Waals surface area contributed by atoms with Gasteiger partial charge in [-0.25, -0.2) is 4.79 Å². The Morgan fingerprint density at radius 3 is 2.82 bits per heavy atom. The fourth-order valence-corrected chi connectivity index (χ4v) is 3.39. The molecule has 2 heterocycles. The molecular formula is C21H22N4O3. The van der Waals surface area contributed by atoms with Gasteiger partial charge >= 0.3 is 5.69 Å². The van der Waals surface area contributed by atoms with E-state index in [1.165, 1.54) is 4.57 Å². The molecule has 0 aliphatic carbocycles. The number of imidazole rings is 1. The maximum absolute atomic E-state index is 12.5. The number of hydrogen-bond acceptors (Lipinski definition) is 3. The average molecular weight is 378 g/mol. The molecule has 0 spiro atoms. The van der Waals surface area contributed by atoms with Crippen LogP contribution in [0.4, 0.5) is 0 Å². The van der Waals surface area contributed by atoms with E-state index in [0.29, 0.717) is 24.2 Å². The van der Waals surface area contributed by atoms with Crippen molar-refractivity contribution < 1.29 is 9.53 Å². The van der Waals surface area contributed by atoms with Crippen LogP contribution in [-0.4, -0.2) is 33.7 Å². The number of nitrogens with one attached hydrogen (secondary N) is 2. The fourth-order valence-electron chi connectivity index (χ4n) is 3.39. The van der Waals surface area contributed by atoms with Crippen molar-refractivity contribution in [2.45, 2.75) is 13.1 Å². The van der Waals surface area contributed by atoms with Crippen LogP contribution in [0.5, 0.6) is 0 Å². The molecule has 0 aliphatic rings. The Morgan fingerprint density at radius 1 is 1.14 bits per heavy atom. The standard InChI is InChI=1S/C21H22N4O3/c1-24-18-6-5-16(12-17(18)23-21(24)27)20(26)22-13-14-3-4-15-7-8-25(9-10-28-2)19(15)11-14/h3-8,11-12H,9-10,13H2,1-2H3,(H,22,26)(H,23,27). The fraction of sp³-hybridized carbons (Fsp3) is 0.238. The lowest BCUT2D eigenvalue weighted by Gasteiger charge is -2.08. The van der Waals surface area contributed by atoms with Crippen molar-refractivity contribution in [3.05, 3.63) is 70.3 Å². The van der Waals surface area contributed by atoms with Crippen LogP contribution in [0.3, 0.4) is 0 Å². The smallest absolute Gasteiger partial charge is 0.326 e. The summed E-state index contributed by atoms with van der Waals surface area (Å²) in [5, 5.41) is 4.11. The number of rotatable bonds is 6. The van der Waals surface area contributed by atoms with E-state index in [1.54, 1.807) is 32.4 Å². The van der Waals surface area contributed by atoms with E-state index in [-0.39, 0.29) is 11.6 Å². The zero-order chi connectivity index (χ0) is 19.7.